The van der Waals surface area contributed by atoms with E-state index in [-0.39, 0.29) is 16.0 Å². The number of amidine groups is 1. The summed E-state index contributed by atoms with van der Waals surface area (Å²) >= 11 is 10.4. The van der Waals surface area contributed by atoms with Crippen LogP contribution in [-0.2, 0) is 3.42 Å². The van der Waals surface area contributed by atoms with E-state index in [1.807, 2.05) is 24.5 Å². The van der Waals surface area contributed by atoms with E-state index in [9.17, 15) is 4.39 Å². The lowest BCUT2D eigenvalue weighted by Crippen LogP contribution is -2.29. The molecule has 142 valence electrons. The summed E-state index contributed by atoms with van der Waals surface area (Å²) in [5, 5.41) is 1.41. The van der Waals surface area contributed by atoms with E-state index in [1.54, 1.807) is 17.8 Å². The third-order valence-corrected chi connectivity index (χ3v) is 7.16. The van der Waals surface area contributed by atoms with Crippen LogP contribution in [0, 0.1) is 5.82 Å². The zero-order chi connectivity index (χ0) is 19.0. The molecule has 8 heteroatoms. The van der Waals surface area contributed by atoms with Gasteiger partial charge in [0.2, 0.25) is 6.79 Å². The molecule has 0 unspecified atom stereocenters. The maximum atomic E-state index is 13.4. The molecule has 2 aliphatic heterocycles. The summed E-state index contributed by atoms with van der Waals surface area (Å²) in [7, 11) is 0. The molecule has 0 spiro atoms. The Morgan fingerprint density at radius 2 is 2.07 bits per heavy atom. The molecule has 4 nitrogen and oxygen atoms in total. The maximum absolute atomic E-state index is 13.4. The molecule has 1 saturated heterocycles. The van der Waals surface area contributed by atoms with Gasteiger partial charge in [0.25, 0.3) is 0 Å². The average molecular weight is 519 g/mol. The van der Waals surface area contributed by atoms with Crippen molar-refractivity contribution >= 4 is 56.8 Å². The molecule has 2 heterocycles. The predicted molar refractivity (Wildman–Crippen MR) is 116 cm³/mol. The van der Waals surface area contributed by atoms with Crippen molar-refractivity contribution in [2.24, 2.45) is 4.99 Å². The fourth-order valence-corrected chi connectivity index (χ4v) is 5.56. The normalized spacial score (nSPS) is 21.8. The number of hydrogen-bond donors (Lipinski definition) is 0. The Labute approximate surface area is 180 Å². The minimum Gasteiger partial charge on any atom is -0.454 e. The van der Waals surface area contributed by atoms with Gasteiger partial charge in [-0.05, 0) is 42.5 Å². The standard InChI is InChI=1S/C19H17ClFIN2O2S/c1-27-18(23-13-3-5-16-17(9-13)26-11-25-16)24-7-6-19(22,10-24)14-4-2-12(21)8-15(14)20/h2-5,8-9H,6-7,10-11H2,1H3/t19-/m0/s1. The van der Waals surface area contributed by atoms with Crippen LogP contribution in [0.1, 0.15) is 12.0 Å². The zero-order valence-corrected chi connectivity index (χ0v) is 18.3. The zero-order valence-electron chi connectivity index (χ0n) is 14.5. The molecule has 0 bridgehead atoms. The number of likely N-dealkylation sites (tertiary alicyclic amines) is 1. The molecular weight excluding hydrogens is 502 g/mol. The molecule has 0 saturated carbocycles. The van der Waals surface area contributed by atoms with E-state index in [4.69, 9.17) is 26.1 Å². The van der Waals surface area contributed by atoms with Gasteiger partial charge in [0.05, 0.1) is 9.11 Å². The summed E-state index contributed by atoms with van der Waals surface area (Å²) in [4.78, 5) is 7.06. The molecular formula is C19H17ClFIN2O2S. The lowest BCUT2D eigenvalue weighted by molar-refractivity contribution is 0.174. The van der Waals surface area contributed by atoms with Crippen molar-refractivity contribution in [1.82, 2.24) is 4.90 Å². The number of fused-ring (bicyclic) bond motifs is 1. The molecule has 0 N–H and O–H groups in total. The smallest absolute Gasteiger partial charge is 0.231 e. The second-order valence-electron chi connectivity index (χ2n) is 6.40. The highest BCUT2D eigenvalue weighted by atomic mass is 127. The molecule has 0 amide bonds. The molecule has 0 aromatic heterocycles. The largest absolute Gasteiger partial charge is 0.454 e. The molecule has 27 heavy (non-hydrogen) atoms. The van der Waals surface area contributed by atoms with Gasteiger partial charge in [0.1, 0.15) is 5.82 Å². The first-order valence-corrected chi connectivity index (χ1v) is 11.1. The van der Waals surface area contributed by atoms with Gasteiger partial charge >= 0.3 is 0 Å². The number of ether oxygens (including phenoxy) is 2. The van der Waals surface area contributed by atoms with Crippen molar-refractivity contribution in [1.29, 1.82) is 0 Å². The Kier molecular flexibility index (Phi) is 5.44. The molecule has 1 fully saturated rings. The molecule has 2 aliphatic rings. The van der Waals surface area contributed by atoms with E-state index >= 15 is 0 Å². The lowest BCUT2D eigenvalue weighted by atomic mass is 9.98. The van der Waals surface area contributed by atoms with Crippen molar-refractivity contribution in [3.63, 3.8) is 0 Å². The minimum atomic E-state index is -0.312. The Balaban J connectivity index is 1.57. The third-order valence-electron chi connectivity index (χ3n) is 4.67. The second kappa shape index (κ2) is 7.67. The van der Waals surface area contributed by atoms with E-state index in [1.165, 1.54) is 12.1 Å². The summed E-state index contributed by atoms with van der Waals surface area (Å²) in [6.07, 6.45) is 2.93. The van der Waals surface area contributed by atoms with Crippen LogP contribution < -0.4 is 9.47 Å². The quantitative estimate of drug-likeness (QED) is 0.225. The van der Waals surface area contributed by atoms with Crippen LogP contribution in [0.2, 0.25) is 5.02 Å². The number of hydrogen-bond acceptors (Lipinski definition) is 4. The fourth-order valence-electron chi connectivity index (χ4n) is 3.32. The van der Waals surface area contributed by atoms with Crippen molar-refractivity contribution < 1.29 is 13.9 Å². The van der Waals surface area contributed by atoms with Gasteiger partial charge in [-0.3, -0.25) is 0 Å². The summed E-state index contributed by atoms with van der Waals surface area (Å²) in [6.45, 7) is 1.88. The first kappa shape index (κ1) is 19.1. The van der Waals surface area contributed by atoms with Gasteiger partial charge in [-0.15, -0.1) is 0 Å². The molecule has 0 aliphatic carbocycles. The van der Waals surface area contributed by atoms with Gasteiger partial charge in [0, 0.05) is 24.2 Å². The lowest BCUT2D eigenvalue weighted by Gasteiger charge is -2.25. The Morgan fingerprint density at radius 1 is 1.26 bits per heavy atom. The van der Waals surface area contributed by atoms with E-state index < -0.39 is 0 Å². The predicted octanol–water partition coefficient (Wildman–Crippen LogP) is 5.59. The topological polar surface area (TPSA) is 34.1 Å². The monoisotopic (exact) mass is 518 g/mol. The average Bonchev–Trinajstić information content (AvgIpc) is 3.26. The number of thioether (sulfide) groups is 1. The third kappa shape index (κ3) is 3.86. The molecule has 1 atom stereocenters. The summed E-state index contributed by atoms with van der Waals surface area (Å²) < 4.78 is 24.0. The molecule has 0 radical (unpaired) electrons. The molecule has 4 rings (SSSR count). The Hall–Kier alpha value is -1.19. The number of aliphatic imine (C=N–C) groups is 1. The number of benzene rings is 2. The Bertz CT molecular complexity index is 913. The highest BCUT2D eigenvalue weighted by molar-refractivity contribution is 14.1. The van der Waals surface area contributed by atoms with Crippen LogP contribution in [0.3, 0.4) is 0 Å². The van der Waals surface area contributed by atoms with Gasteiger partial charge in [0.15, 0.2) is 16.7 Å². The highest BCUT2D eigenvalue weighted by Gasteiger charge is 2.39. The van der Waals surface area contributed by atoms with Crippen LogP contribution in [0.15, 0.2) is 41.4 Å². The van der Waals surface area contributed by atoms with Gasteiger partial charge in [-0.1, -0.05) is 52.0 Å². The van der Waals surface area contributed by atoms with Crippen molar-refractivity contribution in [3.05, 3.63) is 52.8 Å². The summed E-state index contributed by atoms with van der Waals surface area (Å²) in [6, 6.07) is 10.3. The molecule has 2 aromatic rings. The number of nitrogens with zero attached hydrogens (tertiary/aromatic N) is 2. The van der Waals surface area contributed by atoms with Crippen LogP contribution in [0.4, 0.5) is 10.1 Å². The van der Waals surface area contributed by atoms with E-state index in [0.717, 1.165) is 47.4 Å². The maximum Gasteiger partial charge on any atom is 0.231 e. The fraction of sp³-hybridized carbons (Fsp3) is 0.316. The number of rotatable bonds is 2. The summed E-state index contributed by atoms with van der Waals surface area (Å²) in [5.41, 5.74) is 1.80. The highest BCUT2D eigenvalue weighted by Crippen LogP contribution is 2.45. The van der Waals surface area contributed by atoms with Crippen molar-refractivity contribution in [3.8, 4) is 11.5 Å². The van der Waals surface area contributed by atoms with Gasteiger partial charge in [-0.2, -0.15) is 0 Å². The van der Waals surface area contributed by atoms with Crippen LogP contribution in [0.25, 0.3) is 0 Å². The van der Waals surface area contributed by atoms with Crippen molar-refractivity contribution in [2.45, 2.75) is 9.84 Å². The number of halogens is 3. The molecule has 2 aromatic carbocycles. The second-order valence-corrected chi connectivity index (χ2v) is 9.64. The van der Waals surface area contributed by atoms with Gasteiger partial charge < -0.3 is 14.4 Å². The van der Waals surface area contributed by atoms with Crippen LogP contribution >= 0.6 is 46.0 Å². The number of alkyl halides is 1. The minimum absolute atomic E-state index is 0.173. The van der Waals surface area contributed by atoms with Gasteiger partial charge in [-0.25, -0.2) is 9.38 Å². The first-order valence-electron chi connectivity index (χ1n) is 8.40. The Morgan fingerprint density at radius 3 is 2.85 bits per heavy atom. The van der Waals surface area contributed by atoms with Crippen LogP contribution in [-0.4, -0.2) is 36.2 Å². The SMILES string of the molecule is CSC(=Nc1ccc2c(c1)OCO2)N1CC[C@@](I)(c2ccc(F)cc2Cl)C1. The van der Waals surface area contributed by atoms with E-state index in [0.29, 0.717) is 5.02 Å². The summed E-state index contributed by atoms with van der Waals surface area (Å²) in [5.74, 6) is 1.16. The van der Waals surface area contributed by atoms with Crippen LogP contribution in [0.5, 0.6) is 11.5 Å². The van der Waals surface area contributed by atoms with Crippen molar-refractivity contribution in [2.75, 3.05) is 26.1 Å². The van der Waals surface area contributed by atoms with E-state index in [2.05, 4.69) is 27.5 Å². The first-order chi connectivity index (χ1) is 13.0.